The Bertz CT molecular complexity index is 794. The van der Waals surface area contributed by atoms with Gasteiger partial charge in [-0.15, -0.1) is 0 Å². The van der Waals surface area contributed by atoms with Gasteiger partial charge in [-0.3, -0.25) is 0 Å². The Balaban J connectivity index is 2.96. The van der Waals surface area contributed by atoms with Gasteiger partial charge in [-0.05, 0) is 51.0 Å². The van der Waals surface area contributed by atoms with Gasteiger partial charge >= 0.3 is 18.2 Å². The number of nitrogens with one attached hydrogen (secondary N) is 2. The highest BCUT2D eigenvalue weighted by molar-refractivity contribution is 5.91. The smallest absolute Gasteiger partial charge is 0.416 e. The molecular weight excluding hydrogens is 389 g/mol. The zero-order valence-electron chi connectivity index (χ0n) is 16.7. The number of hydrogen-bond donors (Lipinski definition) is 3. The highest BCUT2D eigenvalue weighted by Gasteiger charge is 2.32. The summed E-state index contributed by atoms with van der Waals surface area (Å²) in [6.07, 6.45) is -3.73. The number of hydrogen-bond acceptors (Lipinski definition) is 4. The van der Waals surface area contributed by atoms with Crippen molar-refractivity contribution in [2.24, 2.45) is 0 Å². The average molecular weight is 414 g/mol. The number of carbonyl (C=O) groups excluding carboxylic acids is 1. The number of alkyl halides is 3. The van der Waals surface area contributed by atoms with Crippen LogP contribution in [0.25, 0.3) is 0 Å². The van der Waals surface area contributed by atoms with Gasteiger partial charge in [0.1, 0.15) is 11.3 Å². The van der Waals surface area contributed by atoms with E-state index in [9.17, 15) is 27.9 Å². The van der Waals surface area contributed by atoms with Crippen LogP contribution in [0.3, 0.4) is 0 Å². The quantitative estimate of drug-likeness (QED) is 0.432. The van der Waals surface area contributed by atoms with E-state index in [1.807, 2.05) is 0 Å². The van der Waals surface area contributed by atoms with Gasteiger partial charge in [-0.25, -0.2) is 9.59 Å². The molecule has 0 unspecified atom stereocenters. The summed E-state index contributed by atoms with van der Waals surface area (Å²) in [6, 6.07) is 6.28. The fourth-order valence-corrected chi connectivity index (χ4v) is 2.19. The Kier molecular flexibility index (Phi) is 8.29. The van der Waals surface area contributed by atoms with Crippen LogP contribution in [-0.4, -0.2) is 28.9 Å². The molecule has 0 radical (unpaired) electrons. The number of allylic oxidation sites excluding steroid dienone is 3. The Morgan fingerprint density at radius 1 is 1.21 bits per heavy atom. The third kappa shape index (κ3) is 9.18. The third-order valence-electron chi connectivity index (χ3n) is 3.32. The van der Waals surface area contributed by atoms with E-state index in [4.69, 9.17) is 4.74 Å². The van der Waals surface area contributed by atoms with Crippen LogP contribution in [0.15, 0.2) is 47.7 Å². The number of carboxylic acid groups (broad SMARTS) is 1. The summed E-state index contributed by atoms with van der Waals surface area (Å²) >= 11 is 0. The van der Waals surface area contributed by atoms with Gasteiger partial charge in [0.25, 0.3) is 0 Å². The molecule has 0 bridgehead atoms. The summed E-state index contributed by atoms with van der Waals surface area (Å²) in [5, 5.41) is 14.3. The minimum atomic E-state index is -4.67. The Labute approximate surface area is 167 Å². The fraction of sp³-hybridized carbons (Fsp3) is 0.400. The van der Waals surface area contributed by atoms with E-state index in [-0.39, 0.29) is 18.7 Å². The van der Waals surface area contributed by atoms with E-state index in [1.165, 1.54) is 19.1 Å². The minimum absolute atomic E-state index is 0.0973. The molecule has 0 spiro atoms. The Morgan fingerprint density at radius 2 is 1.86 bits per heavy atom. The van der Waals surface area contributed by atoms with Gasteiger partial charge in [0.05, 0.1) is 5.57 Å². The number of amides is 1. The summed E-state index contributed by atoms with van der Waals surface area (Å²) in [4.78, 5) is 23.1. The summed E-state index contributed by atoms with van der Waals surface area (Å²) in [5.41, 5.74) is -1.46. The molecule has 6 nitrogen and oxygen atoms in total. The molecule has 0 aromatic heterocycles. The SMILES string of the molecule is CC/C=C(/C=C(\Nc1cccc(CNC(=O)OC(C)(C)C)c1)C(=O)O)C(F)(F)F. The average Bonchev–Trinajstić information content (AvgIpc) is 2.56. The first-order valence-corrected chi connectivity index (χ1v) is 8.87. The molecule has 0 aliphatic rings. The first kappa shape index (κ1) is 24.1. The van der Waals surface area contributed by atoms with Crippen molar-refractivity contribution < 1.29 is 32.6 Å². The molecule has 1 aromatic rings. The van der Waals surface area contributed by atoms with Gasteiger partial charge in [0, 0.05) is 12.2 Å². The predicted octanol–water partition coefficient (Wildman–Crippen LogP) is 4.99. The highest BCUT2D eigenvalue weighted by atomic mass is 19.4. The maximum Gasteiger partial charge on any atom is 0.416 e. The van der Waals surface area contributed by atoms with Crippen molar-refractivity contribution in [3.8, 4) is 0 Å². The van der Waals surface area contributed by atoms with Crippen LogP contribution in [0.4, 0.5) is 23.7 Å². The Hall–Kier alpha value is -2.97. The van der Waals surface area contributed by atoms with Crippen LogP contribution in [-0.2, 0) is 16.1 Å². The number of ether oxygens (including phenoxy) is 1. The number of carboxylic acids is 1. The van der Waals surface area contributed by atoms with E-state index in [0.29, 0.717) is 11.6 Å². The van der Waals surface area contributed by atoms with E-state index in [1.54, 1.807) is 32.9 Å². The molecule has 9 heteroatoms. The summed E-state index contributed by atoms with van der Waals surface area (Å²) in [7, 11) is 0. The second kappa shape index (κ2) is 9.99. The van der Waals surface area contributed by atoms with E-state index < -0.39 is 35.1 Å². The molecule has 29 heavy (non-hydrogen) atoms. The third-order valence-corrected chi connectivity index (χ3v) is 3.32. The van der Waals surface area contributed by atoms with E-state index in [0.717, 1.165) is 6.08 Å². The normalized spacial score (nSPS) is 13.1. The summed E-state index contributed by atoms with van der Waals surface area (Å²) < 4.78 is 44.2. The molecule has 0 atom stereocenters. The van der Waals surface area contributed by atoms with Gasteiger partial charge in [-0.2, -0.15) is 13.2 Å². The lowest BCUT2D eigenvalue weighted by Gasteiger charge is -2.19. The topological polar surface area (TPSA) is 87.7 Å². The fourth-order valence-electron chi connectivity index (χ4n) is 2.19. The van der Waals surface area contributed by atoms with E-state index in [2.05, 4.69) is 10.6 Å². The molecular formula is C20H25F3N2O4. The molecule has 3 N–H and O–H groups in total. The number of rotatable bonds is 7. The molecule has 0 aliphatic carbocycles. The second-order valence-corrected chi connectivity index (χ2v) is 7.11. The first-order valence-electron chi connectivity index (χ1n) is 8.87. The lowest BCUT2D eigenvalue weighted by Crippen LogP contribution is -2.32. The van der Waals surface area contributed by atoms with Crippen LogP contribution in [0.2, 0.25) is 0 Å². The highest BCUT2D eigenvalue weighted by Crippen LogP contribution is 2.28. The number of carbonyl (C=O) groups is 2. The van der Waals surface area contributed by atoms with E-state index >= 15 is 0 Å². The summed E-state index contributed by atoms with van der Waals surface area (Å²) in [6.45, 7) is 6.78. The van der Waals surface area contributed by atoms with Crippen LogP contribution in [0.5, 0.6) is 0 Å². The van der Waals surface area contributed by atoms with Crippen molar-refractivity contribution >= 4 is 17.7 Å². The lowest BCUT2D eigenvalue weighted by atomic mass is 10.1. The maximum atomic E-state index is 13.0. The number of aliphatic carboxylic acids is 1. The monoisotopic (exact) mass is 414 g/mol. The lowest BCUT2D eigenvalue weighted by molar-refractivity contribution is -0.132. The van der Waals surface area contributed by atoms with Gasteiger partial charge in [0.2, 0.25) is 0 Å². The molecule has 0 saturated carbocycles. The number of halogens is 3. The van der Waals surface area contributed by atoms with Crippen LogP contribution in [0, 0.1) is 0 Å². The number of alkyl carbamates (subject to hydrolysis) is 1. The van der Waals surface area contributed by atoms with Crippen molar-refractivity contribution in [3.05, 3.63) is 53.3 Å². The van der Waals surface area contributed by atoms with Gasteiger partial charge in [0.15, 0.2) is 0 Å². The molecule has 0 aliphatic heterocycles. The first-order chi connectivity index (χ1) is 13.3. The van der Waals surface area contributed by atoms with Gasteiger partial charge < -0.3 is 20.5 Å². The van der Waals surface area contributed by atoms with Crippen LogP contribution < -0.4 is 10.6 Å². The zero-order chi connectivity index (χ0) is 22.2. The van der Waals surface area contributed by atoms with Crippen molar-refractivity contribution in [3.63, 3.8) is 0 Å². The van der Waals surface area contributed by atoms with Crippen molar-refractivity contribution in [2.75, 3.05) is 5.32 Å². The molecule has 1 amide bonds. The number of anilines is 1. The zero-order valence-corrected chi connectivity index (χ0v) is 16.7. The second-order valence-electron chi connectivity index (χ2n) is 7.11. The molecule has 1 aromatic carbocycles. The molecule has 0 heterocycles. The van der Waals surface area contributed by atoms with Gasteiger partial charge in [-0.1, -0.05) is 25.1 Å². The van der Waals surface area contributed by atoms with Crippen molar-refractivity contribution in [2.45, 2.75) is 52.4 Å². The minimum Gasteiger partial charge on any atom is -0.477 e. The standard InChI is InChI=1S/C20H25F3N2O4/c1-5-7-14(20(21,22)23)11-16(17(26)27)25-15-9-6-8-13(10-15)12-24-18(28)29-19(2,3)4/h6-11,25H,5,12H2,1-4H3,(H,24,28)(H,26,27)/b14-7-,16-11-. The maximum absolute atomic E-state index is 13.0. The van der Waals surface area contributed by atoms with Crippen LogP contribution >= 0.6 is 0 Å². The molecule has 0 saturated heterocycles. The molecule has 1 rings (SSSR count). The van der Waals surface area contributed by atoms with Crippen molar-refractivity contribution in [1.82, 2.24) is 5.32 Å². The Morgan fingerprint density at radius 3 is 2.38 bits per heavy atom. The summed E-state index contributed by atoms with van der Waals surface area (Å²) in [5.74, 6) is -1.53. The molecule has 160 valence electrons. The largest absolute Gasteiger partial charge is 0.477 e. The van der Waals surface area contributed by atoms with Crippen molar-refractivity contribution in [1.29, 1.82) is 0 Å². The van der Waals surface area contributed by atoms with Crippen LogP contribution in [0.1, 0.15) is 39.7 Å². The predicted molar refractivity (Wildman–Crippen MR) is 103 cm³/mol. The number of benzene rings is 1. The molecule has 0 fully saturated rings.